The summed E-state index contributed by atoms with van der Waals surface area (Å²) in [6.45, 7) is 0.879. The number of nitrogens with zero attached hydrogens (tertiary/aromatic N) is 1. The van der Waals surface area contributed by atoms with Crippen LogP contribution in [-0.4, -0.2) is 22.3 Å². The molecule has 1 heterocycles. The monoisotopic (exact) mass is 305 g/mol. The molecule has 4 bridgehead atoms. The van der Waals surface area contributed by atoms with Crippen molar-refractivity contribution in [3.8, 4) is 0 Å². The fourth-order valence-corrected chi connectivity index (χ4v) is 6.51. The van der Waals surface area contributed by atoms with Gasteiger partial charge >= 0.3 is 0 Å². The topological polar surface area (TPSA) is 20.3 Å². The molecule has 0 aromatic carbocycles. The van der Waals surface area contributed by atoms with E-state index < -0.39 is 0 Å². The Morgan fingerprint density at radius 1 is 1.05 bits per heavy atom. The van der Waals surface area contributed by atoms with Crippen molar-refractivity contribution in [2.75, 3.05) is 6.54 Å². The van der Waals surface area contributed by atoms with Gasteiger partial charge in [0.15, 0.2) is 0 Å². The minimum Gasteiger partial charge on any atom is -0.307 e. The van der Waals surface area contributed by atoms with E-state index in [0.29, 0.717) is 11.3 Å². The van der Waals surface area contributed by atoms with Crippen molar-refractivity contribution in [1.29, 1.82) is 0 Å². The maximum Gasteiger partial charge on any atom is 0.227 e. The van der Waals surface area contributed by atoms with Gasteiger partial charge in [-0.1, -0.05) is 18.6 Å². The first-order valence-corrected chi connectivity index (χ1v) is 9.38. The number of carbonyl (C=O) groups excluding carboxylic acids is 1. The van der Waals surface area contributed by atoms with Crippen molar-refractivity contribution >= 4 is 23.1 Å². The Morgan fingerprint density at radius 3 is 2.29 bits per heavy atom. The Kier molecular flexibility index (Phi) is 3.60. The van der Waals surface area contributed by atoms with Crippen LogP contribution >= 0.6 is 12.2 Å². The summed E-state index contributed by atoms with van der Waals surface area (Å²) in [5, 5.41) is 0. The Hall–Kier alpha value is -0.440. The van der Waals surface area contributed by atoms with Crippen LogP contribution in [-0.2, 0) is 4.79 Å². The highest BCUT2D eigenvalue weighted by Gasteiger charge is 2.51. The molecule has 1 amide bonds. The number of hydrogen-bond donors (Lipinski definition) is 0. The summed E-state index contributed by atoms with van der Waals surface area (Å²) in [5.41, 5.74) is 0.355. The van der Waals surface area contributed by atoms with E-state index >= 15 is 0 Å². The molecule has 2 nitrogen and oxygen atoms in total. The zero-order valence-corrected chi connectivity index (χ0v) is 13.8. The van der Waals surface area contributed by atoms with Gasteiger partial charge in [-0.25, -0.2) is 0 Å². The maximum absolute atomic E-state index is 12.9. The zero-order valence-electron chi connectivity index (χ0n) is 13.0. The highest BCUT2D eigenvalue weighted by molar-refractivity contribution is 7.80. The normalized spacial score (nSPS) is 42.2. The van der Waals surface area contributed by atoms with Gasteiger partial charge in [-0.05, 0) is 81.0 Å². The van der Waals surface area contributed by atoms with Crippen LogP contribution in [0.3, 0.4) is 0 Å². The number of hydrogen-bond acceptors (Lipinski definition) is 2. The Balaban J connectivity index is 1.47. The molecule has 116 valence electrons. The summed E-state index contributed by atoms with van der Waals surface area (Å²) < 4.78 is 0. The van der Waals surface area contributed by atoms with Crippen molar-refractivity contribution in [2.45, 2.75) is 70.6 Å². The largest absolute Gasteiger partial charge is 0.307 e. The third-order valence-corrected chi connectivity index (χ3v) is 6.99. The van der Waals surface area contributed by atoms with Crippen LogP contribution in [0.1, 0.15) is 70.6 Å². The number of amides is 1. The van der Waals surface area contributed by atoms with E-state index in [1.54, 1.807) is 0 Å². The molecule has 5 fully saturated rings. The molecular weight excluding hydrogens is 278 g/mol. The predicted molar refractivity (Wildman–Crippen MR) is 88.0 cm³/mol. The van der Waals surface area contributed by atoms with Crippen LogP contribution in [0.4, 0.5) is 0 Å². The standard InChI is InChI=1S/C18H27NOS/c20-16(19-5-3-1-2-4-17(19)21)12-18-9-13-6-14(10-18)8-15(7-13)11-18/h13-15H,1-12H2. The van der Waals surface area contributed by atoms with Gasteiger partial charge in [-0.3, -0.25) is 4.79 Å². The van der Waals surface area contributed by atoms with E-state index in [1.165, 1.54) is 51.4 Å². The number of rotatable bonds is 2. The quantitative estimate of drug-likeness (QED) is 0.708. The molecule has 5 rings (SSSR count). The zero-order chi connectivity index (χ0) is 14.4. The molecule has 21 heavy (non-hydrogen) atoms. The lowest BCUT2D eigenvalue weighted by molar-refractivity contribution is -0.135. The highest BCUT2D eigenvalue weighted by atomic mass is 32.1. The molecule has 0 N–H and O–H groups in total. The first-order chi connectivity index (χ1) is 10.1. The molecule has 0 aromatic rings. The molecule has 4 saturated carbocycles. The predicted octanol–water partition coefficient (Wildman–Crippen LogP) is 4.32. The molecule has 0 atom stereocenters. The van der Waals surface area contributed by atoms with E-state index in [4.69, 9.17) is 12.2 Å². The summed E-state index contributed by atoms with van der Waals surface area (Å²) in [6.07, 6.45) is 13.6. The first-order valence-electron chi connectivity index (χ1n) is 8.97. The molecule has 0 spiro atoms. The second-order valence-corrected chi connectivity index (χ2v) is 8.82. The molecule has 1 aliphatic heterocycles. The van der Waals surface area contributed by atoms with Crippen molar-refractivity contribution in [3.63, 3.8) is 0 Å². The van der Waals surface area contributed by atoms with Gasteiger partial charge in [0.1, 0.15) is 0 Å². The van der Waals surface area contributed by atoms with E-state index in [0.717, 1.165) is 48.5 Å². The van der Waals surface area contributed by atoms with Crippen molar-refractivity contribution in [3.05, 3.63) is 0 Å². The van der Waals surface area contributed by atoms with Crippen LogP contribution in [0.25, 0.3) is 0 Å². The Morgan fingerprint density at radius 2 is 1.67 bits per heavy atom. The summed E-state index contributed by atoms with van der Waals surface area (Å²) in [7, 11) is 0. The second-order valence-electron chi connectivity index (χ2n) is 8.34. The van der Waals surface area contributed by atoms with Crippen LogP contribution in [0.15, 0.2) is 0 Å². The van der Waals surface area contributed by atoms with Crippen molar-refractivity contribution in [1.82, 2.24) is 4.90 Å². The molecular formula is C18H27NOS. The lowest BCUT2D eigenvalue weighted by Crippen LogP contribution is -2.49. The molecule has 5 aliphatic rings. The second kappa shape index (κ2) is 5.33. The summed E-state index contributed by atoms with van der Waals surface area (Å²) >= 11 is 5.50. The summed E-state index contributed by atoms with van der Waals surface area (Å²) in [4.78, 5) is 15.8. The summed E-state index contributed by atoms with van der Waals surface area (Å²) in [6, 6.07) is 0. The van der Waals surface area contributed by atoms with Gasteiger partial charge in [0, 0.05) is 13.0 Å². The number of likely N-dealkylation sites (tertiary alicyclic amines) is 1. The lowest BCUT2D eigenvalue weighted by Gasteiger charge is -2.57. The van der Waals surface area contributed by atoms with Crippen LogP contribution < -0.4 is 0 Å². The van der Waals surface area contributed by atoms with Crippen LogP contribution in [0, 0.1) is 23.2 Å². The molecule has 4 aliphatic carbocycles. The van der Waals surface area contributed by atoms with E-state index in [2.05, 4.69) is 0 Å². The first kappa shape index (κ1) is 14.2. The fraction of sp³-hybridized carbons (Fsp3) is 0.889. The average molecular weight is 305 g/mol. The molecule has 3 heteroatoms. The molecule has 0 unspecified atom stereocenters. The fourth-order valence-electron chi connectivity index (χ4n) is 6.17. The van der Waals surface area contributed by atoms with Gasteiger partial charge in [-0.15, -0.1) is 0 Å². The van der Waals surface area contributed by atoms with Gasteiger partial charge < -0.3 is 4.90 Å². The van der Waals surface area contributed by atoms with Crippen molar-refractivity contribution < 1.29 is 4.79 Å². The van der Waals surface area contributed by atoms with E-state index in [1.807, 2.05) is 4.90 Å². The lowest BCUT2D eigenvalue weighted by atomic mass is 9.49. The third-order valence-electron chi connectivity index (χ3n) is 6.57. The SMILES string of the molecule is O=C(CC12CC3CC(CC(C3)C1)C2)N1CCCCCC1=S. The Bertz CT molecular complexity index is 423. The Labute approximate surface area is 133 Å². The number of carbonyl (C=O) groups is 1. The highest BCUT2D eigenvalue weighted by Crippen LogP contribution is 2.61. The van der Waals surface area contributed by atoms with Crippen molar-refractivity contribution in [2.24, 2.45) is 23.2 Å². The average Bonchev–Trinajstić information content (AvgIpc) is 2.61. The molecule has 0 radical (unpaired) electrons. The van der Waals surface area contributed by atoms with Gasteiger partial charge in [0.2, 0.25) is 5.91 Å². The van der Waals surface area contributed by atoms with Crippen LogP contribution in [0.5, 0.6) is 0 Å². The maximum atomic E-state index is 12.9. The van der Waals surface area contributed by atoms with Gasteiger partial charge in [0.05, 0.1) is 4.99 Å². The minimum atomic E-state index is 0.351. The molecule has 1 saturated heterocycles. The number of thiocarbonyl (C=S) groups is 1. The smallest absolute Gasteiger partial charge is 0.227 e. The minimum absolute atomic E-state index is 0.351. The molecule has 0 aromatic heterocycles. The van der Waals surface area contributed by atoms with Gasteiger partial charge in [0.25, 0.3) is 0 Å². The third kappa shape index (κ3) is 2.67. The van der Waals surface area contributed by atoms with E-state index in [-0.39, 0.29) is 0 Å². The summed E-state index contributed by atoms with van der Waals surface area (Å²) in [5.74, 6) is 3.14. The van der Waals surface area contributed by atoms with Crippen LogP contribution in [0.2, 0.25) is 0 Å². The van der Waals surface area contributed by atoms with E-state index in [9.17, 15) is 4.79 Å². The van der Waals surface area contributed by atoms with Gasteiger partial charge in [-0.2, -0.15) is 0 Å².